The van der Waals surface area contributed by atoms with Crippen molar-refractivity contribution in [2.75, 3.05) is 39.9 Å². The molecule has 2 unspecified atom stereocenters. The number of benzene rings is 1. The number of piperidine rings is 2. The van der Waals surface area contributed by atoms with E-state index in [2.05, 4.69) is 62.3 Å². The fourth-order valence-electron chi connectivity index (χ4n) is 7.47. The van der Waals surface area contributed by atoms with E-state index in [4.69, 9.17) is 26.1 Å². The van der Waals surface area contributed by atoms with Crippen molar-refractivity contribution < 1.29 is 13.9 Å². The minimum atomic E-state index is -0.395. The van der Waals surface area contributed by atoms with Gasteiger partial charge in [-0.25, -0.2) is 14.4 Å². The quantitative estimate of drug-likeness (QED) is 0.121. The SMILES string of the molecule is CN1CCC(C)(COc2cc(C3CC(C)(COc4ccnc5[nH]cc(-c6ccc(Cl)cc6F)c45)CCN3)nc3[nH]cc(-c4cn[nH]c4)c23)CC1. The van der Waals surface area contributed by atoms with Crippen molar-refractivity contribution in [2.45, 2.75) is 45.6 Å². The Labute approximate surface area is 295 Å². The highest BCUT2D eigenvalue weighted by atomic mass is 35.5. The van der Waals surface area contributed by atoms with E-state index in [1.54, 1.807) is 24.5 Å². The van der Waals surface area contributed by atoms with E-state index in [1.807, 2.05) is 24.7 Å². The maximum absolute atomic E-state index is 15.0. The molecular weight excluding hydrogens is 655 g/mol. The van der Waals surface area contributed by atoms with Crippen LogP contribution in [0.2, 0.25) is 5.02 Å². The predicted molar refractivity (Wildman–Crippen MR) is 194 cm³/mol. The van der Waals surface area contributed by atoms with Gasteiger partial charge in [-0.2, -0.15) is 5.10 Å². The molecule has 1 aromatic carbocycles. The maximum Gasteiger partial charge on any atom is 0.142 e. The van der Waals surface area contributed by atoms with Gasteiger partial charge in [0.05, 0.1) is 41.9 Å². The average Bonchev–Trinajstić information content (AvgIpc) is 3.89. The Morgan fingerprint density at radius 3 is 2.46 bits per heavy atom. The van der Waals surface area contributed by atoms with Crippen LogP contribution in [0.1, 0.15) is 51.3 Å². The number of rotatable bonds is 9. The summed E-state index contributed by atoms with van der Waals surface area (Å²) in [6.45, 7) is 8.67. The van der Waals surface area contributed by atoms with E-state index >= 15 is 4.39 Å². The molecule has 12 heteroatoms. The van der Waals surface area contributed by atoms with Crippen LogP contribution in [0, 0.1) is 16.6 Å². The molecule has 0 radical (unpaired) electrons. The predicted octanol–water partition coefficient (Wildman–Crippen LogP) is 7.91. The molecule has 0 amide bonds. The van der Waals surface area contributed by atoms with E-state index in [0.29, 0.717) is 40.8 Å². The molecule has 2 saturated heterocycles. The lowest BCUT2D eigenvalue weighted by atomic mass is 9.77. The number of halogens is 2. The summed E-state index contributed by atoms with van der Waals surface area (Å²) < 4.78 is 28.4. The van der Waals surface area contributed by atoms with Gasteiger partial charge in [0.15, 0.2) is 0 Å². The summed E-state index contributed by atoms with van der Waals surface area (Å²) in [4.78, 5) is 18.6. The van der Waals surface area contributed by atoms with Crippen molar-refractivity contribution in [1.29, 1.82) is 0 Å². The molecule has 50 heavy (non-hydrogen) atoms. The number of fused-ring (bicyclic) bond motifs is 2. The Kier molecular flexibility index (Phi) is 8.53. The number of H-pyrrole nitrogens is 3. The van der Waals surface area contributed by atoms with Gasteiger partial charge in [-0.15, -0.1) is 0 Å². The topological polar surface area (TPSA) is 120 Å². The van der Waals surface area contributed by atoms with E-state index in [-0.39, 0.29) is 16.9 Å². The van der Waals surface area contributed by atoms with Gasteiger partial charge in [-0.05, 0) is 76.6 Å². The van der Waals surface area contributed by atoms with Crippen LogP contribution in [0.25, 0.3) is 44.3 Å². The lowest BCUT2D eigenvalue weighted by Gasteiger charge is -2.39. The number of hydrogen-bond donors (Lipinski definition) is 4. The first-order chi connectivity index (χ1) is 24.2. The van der Waals surface area contributed by atoms with Crippen molar-refractivity contribution in [3.05, 3.63) is 77.8 Å². The first kappa shape index (κ1) is 32.7. The van der Waals surface area contributed by atoms with Gasteiger partial charge in [0.1, 0.15) is 28.6 Å². The van der Waals surface area contributed by atoms with Crippen molar-refractivity contribution in [3.8, 4) is 33.8 Å². The van der Waals surface area contributed by atoms with Crippen LogP contribution in [-0.2, 0) is 0 Å². The second kappa shape index (κ2) is 13.0. The molecule has 2 aliphatic heterocycles. The number of hydrogen-bond acceptors (Lipinski definition) is 7. The molecule has 0 saturated carbocycles. The lowest BCUT2D eigenvalue weighted by Crippen LogP contribution is -2.41. The maximum atomic E-state index is 15.0. The molecule has 0 aliphatic carbocycles. The highest BCUT2D eigenvalue weighted by Gasteiger charge is 2.36. The van der Waals surface area contributed by atoms with E-state index in [1.165, 1.54) is 6.07 Å². The Hall–Kier alpha value is -4.45. The zero-order valence-corrected chi connectivity index (χ0v) is 29.3. The summed E-state index contributed by atoms with van der Waals surface area (Å²) in [6, 6.07) is 8.67. The van der Waals surface area contributed by atoms with E-state index < -0.39 is 5.82 Å². The van der Waals surface area contributed by atoms with Gasteiger partial charge < -0.3 is 29.7 Å². The summed E-state index contributed by atoms with van der Waals surface area (Å²) in [5, 5.41) is 12.9. The average molecular weight is 697 g/mol. The number of aromatic amines is 3. The third-order valence-electron chi connectivity index (χ3n) is 10.7. The number of nitrogens with one attached hydrogen (secondary N) is 4. The number of aromatic nitrogens is 6. The van der Waals surface area contributed by atoms with Crippen LogP contribution in [0.4, 0.5) is 4.39 Å². The number of nitrogens with zero attached hydrogens (tertiary/aromatic N) is 4. The second-order valence-electron chi connectivity index (χ2n) is 14.8. The van der Waals surface area contributed by atoms with Gasteiger partial charge >= 0.3 is 0 Å². The number of pyridine rings is 2. The van der Waals surface area contributed by atoms with Gasteiger partial charge in [0, 0.05) is 69.0 Å². The molecule has 10 nitrogen and oxygen atoms in total. The van der Waals surface area contributed by atoms with Crippen molar-refractivity contribution in [3.63, 3.8) is 0 Å². The molecule has 7 heterocycles. The Morgan fingerprint density at radius 2 is 1.66 bits per heavy atom. The van der Waals surface area contributed by atoms with Crippen LogP contribution in [-0.4, -0.2) is 74.9 Å². The van der Waals surface area contributed by atoms with Crippen LogP contribution in [0.15, 0.2) is 61.3 Å². The summed E-state index contributed by atoms with van der Waals surface area (Å²) >= 11 is 6.04. The molecular formula is C38H42ClFN8O2. The monoisotopic (exact) mass is 696 g/mol. The molecule has 260 valence electrons. The molecule has 5 aromatic heterocycles. The summed E-state index contributed by atoms with van der Waals surface area (Å²) in [5.74, 6) is 1.10. The van der Waals surface area contributed by atoms with Crippen molar-refractivity contribution >= 4 is 33.7 Å². The molecule has 6 aromatic rings. The molecule has 2 fully saturated rings. The minimum Gasteiger partial charge on any atom is -0.492 e. The van der Waals surface area contributed by atoms with Crippen LogP contribution in [0.3, 0.4) is 0 Å². The minimum absolute atomic E-state index is 0.00728. The molecule has 2 atom stereocenters. The Balaban J connectivity index is 1.06. The van der Waals surface area contributed by atoms with Gasteiger partial charge in [0.2, 0.25) is 0 Å². The summed E-state index contributed by atoms with van der Waals surface area (Å²) in [6.07, 6.45) is 13.1. The lowest BCUT2D eigenvalue weighted by molar-refractivity contribution is 0.0808. The molecule has 2 aliphatic rings. The molecule has 0 spiro atoms. The fourth-order valence-corrected chi connectivity index (χ4v) is 7.62. The molecule has 0 bridgehead atoms. The van der Waals surface area contributed by atoms with Crippen LogP contribution < -0.4 is 14.8 Å². The third kappa shape index (κ3) is 6.34. The molecule has 4 N–H and O–H groups in total. The third-order valence-corrected chi connectivity index (χ3v) is 10.9. The van der Waals surface area contributed by atoms with Gasteiger partial charge in [-0.3, -0.25) is 5.10 Å². The normalized spacial score (nSPS) is 21.2. The zero-order chi connectivity index (χ0) is 34.5. The standard InChI is InChI=1S/C38H42ClFN8O2/c1-37(8-12-48(3)13-9-37)21-50-32-15-29(47-36-33(32)26(19-44-36)23-17-45-46-18-23)30-16-38(2,7-11-41-30)22-49-31-6-10-42-35-34(31)27(20-43-35)25-5-4-24(39)14-28(25)40/h4-6,10,14-15,17-20,30,41H,7-9,11-13,16,21-22H2,1-3H3,(H,42,43)(H,44,47)(H,45,46). The van der Waals surface area contributed by atoms with Gasteiger partial charge in [-0.1, -0.05) is 25.4 Å². The van der Waals surface area contributed by atoms with Gasteiger partial charge in [0.25, 0.3) is 0 Å². The Bertz CT molecular complexity index is 2140. The van der Waals surface area contributed by atoms with Crippen LogP contribution >= 0.6 is 11.6 Å². The second-order valence-corrected chi connectivity index (χ2v) is 15.2. The first-order valence-electron chi connectivity index (χ1n) is 17.3. The smallest absolute Gasteiger partial charge is 0.142 e. The van der Waals surface area contributed by atoms with Crippen molar-refractivity contribution in [1.82, 2.24) is 40.3 Å². The van der Waals surface area contributed by atoms with Crippen molar-refractivity contribution in [2.24, 2.45) is 10.8 Å². The first-order valence-corrected chi connectivity index (χ1v) is 17.7. The van der Waals surface area contributed by atoms with E-state index in [9.17, 15) is 0 Å². The summed E-state index contributed by atoms with van der Waals surface area (Å²) in [5.41, 5.74) is 5.43. The highest BCUT2D eigenvalue weighted by molar-refractivity contribution is 6.30. The number of ether oxygens (including phenoxy) is 2. The van der Waals surface area contributed by atoms with E-state index in [0.717, 1.165) is 84.3 Å². The largest absolute Gasteiger partial charge is 0.492 e. The summed E-state index contributed by atoms with van der Waals surface area (Å²) in [7, 11) is 2.18. The molecule has 8 rings (SSSR count). The Morgan fingerprint density at radius 1 is 0.900 bits per heavy atom. The fraction of sp³-hybridized carbons (Fsp3) is 0.395. The highest BCUT2D eigenvalue weighted by Crippen LogP contribution is 2.43. The number of likely N-dealkylation sites (tertiary alicyclic amines) is 1. The zero-order valence-electron chi connectivity index (χ0n) is 28.6. The van der Waals surface area contributed by atoms with Crippen LogP contribution in [0.5, 0.6) is 11.5 Å².